The van der Waals surface area contributed by atoms with Crippen molar-refractivity contribution in [3.63, 3.8) is 0 Å². The van der Waals surface area contributed by atoms with Crippen LogP contribution < -0.4 is 0 Å². The maximum Gasteiger partial charge on any atom is 0.237 e. The second-order valence-corrected chi connectivity index (χ2v) is 2.99. The lowest BCUT2D eigenvalue weighted by Gasteiger charge is -2.09. The van der Waals surface area contributed by atoms with Crippen molar-refractivity contribution in [1.29, 1.82) is 0 Å². The highest BCUT2D eigenvalue weighted by Gasteiger charge is 2.12. The van der Waals surface area contributed by atoms with Crippen molar-refractivity contribution in [3.8, 4) is 0 Å². The van der Waals surface area contributed by atoms with E-state index >= 15 is 0 Å². The number of aliphatic imine (C=N–C) groups is 2. The number of hydrogen-bond donors (Lipinski definition) is 1. The van der Waals surface area contributed by atoms with Crippen LogP contribution in [0, 0.1) is 0 Å². The standard InChI is InChI=1S/C11H10N2O3/c14-6-5-9-3-1-2-4-10(9)11(12-7-15)13-8-16/h1-4,11,14H,5-6H2. The second kappa shape index (κ2) is 6.43. The van der Waals surface area contributed by atoms with Crippen LogP contribution in [0.1, 0.15) is 17.3 Å². The first-order valence-electron chi connectivity index (χ1n) is 4.66. The Bertz CT molecular complexity index is 428. The monoisotopic (exact) mass is 218 g/mol. The van der Waals surface area contributed by atoms with Gasteiger partial charge < -0.3 is 5.11 Å². The summed E-state index contributed by atoms with van der Waals surface area (Å²) in [7, 11) is 0. The van der Waals surface area contributed by atoms with Crippen molar-refractivity contribution >= 4 is 12.2 Å². The lowest BCUT2D eigenvalue weighted by Crippen LogP contribution is -2.00. The molecule has 0 aliphatic rings. The largest absolute Gasteiger partial charge is 0.396 e. The molecule has 0 saturated carbocycles. The molecule has 0 aliphatic carbocycles. The fraction of sp³-hybridized carbons (Fsp3) is 0.273. The third-order valence-corrected chi connectivity index (χ3v) is 2.06. The fourth-order valence-corrected chi connectivity index (χ4v) is 1.40. The van der Waals surface area contributed by atoms with Gasteiger partial charge in [-0.25, -0.2) is 9.59 Å². The van der Waals surface area contributed by atoms with Crippen LogP contribution in [0.2, 0.25) is 0 Å². The molecule has 0 fully saturated rings. The molecular formula is C11H10N2O3. The first-order valence-corrected chi connectivity index (χ1v) is 4.66. The van der Waals surface area contributed by atoms with Gasteiger partial charge >= 0.3 is 0 Å². The lowest BCUT2D eigenvalue weighted by atomic mass is 10.0. The Balaban J connectivity index is 3.16. The normalized spacial score (nSPS) is 11.1. The molecule has 0 amide bonds. The van der Waals surface area contributed by atoms with Crippen LogP contribution in [0.25, 0.3) is 0 Å². The molecule has 1 rings (SSSR count). The predicted octanol–water partition coefficient (Wildman–Crippen LogP) is 0.892. The van der Waals surface area contributed by atoms with Gasteiger partial charge in [-0.1, -0.05) is 24.3 Å². The van der Waals surface area contributed by atoms with Crippen molar-refractivity contribution in [2.24, 2.45) is 9.98 Å². The molecule has 5 heteroatoms. The minimum Gasteiger partial charge on any atom is -0.396 e. The summed E-state index contributed by atoms with van der Waals surface area (Å²) in [5.41, 5.74) is 1.39. The van der Waals surface area contributed by atoms with E-state index < -0.39 is 6.17 Å². The van der Waals surface area contributed by atoms with E-state index in [-0.39, 0.29) is 6.61 Å². The number of isocyanates is 2. The molecule has 1 aromatic carbocycles. The van der Waals surface area contributed by atoms with Crippen molar-refractivity contribution < 1.29 is 14.7 Å². The van der Waals surface area contributed by atoms with Crippen LogP contribution in [0.15, 0.2) is 34.3 Å². The quantitative estimate of drug-likeness (QED) is 0.588. The van der Waals surface area contributed by atoms with Gasteiger partial charge in [0.2, 0.25) is 12.2 Å². The summed E-state index contributed by atoms with van der Waals surface area (Å²) in [6.45, 7) is -0.0284. The van der Waals surface area contributed by atoms with Crippen molar-refractivity contribution in [3.05, 3.63) is 35.4 Å². The van der Waals surface area contributed by atoms with Gasteiger partial charge in [0.1, 0.15) is 0 Å². The highest BCUT2D eigenvalue weighted by molar-refractivity contribution is 5.41. The molecule has 0 radical (unpaired) electrons. The van der Waals surface area contributed by atoms with Crippen molar-refractivity contribution in [2.45, 2.75) is 12.6 Å². The Morgan fingerprint density at radius 2 is 1.81 bits per heavy atom. The fourth-order valence-electron chi connectivity index (χ4n) is 1.40. The van der Waals surface area contributed by atoms with E-state index in [1.165, 1.54) is 12.2 Å². The van der Waals surface area contributed by atoms with Crippen LogP contribution in [0.5, 0.6) is 0 Å². The van der Waals surface area contributed by atoms with Crippen LogP contribution in [0.3, 0.4) is 0 Å². The number of aliphatic hydroxyl groups excluding tert-OH is 1. The minimum absolute atomic E-state index is 0.0284. The number of benzene rings is 1. The summed E-state index contributed by atoms with van der Waals surface area (Å²) < 4.78 is 0. The third-order valence-electron chi connectivity index (χ3n) is 2.06. The van der Waals surface area contributed by atoms with Crippen molar-refractivity contribution in [2.75, 3.05) is 6.61 Å². The zero-order valence-corrected chi connectivity index (χ0v) is 8.46. The molecule has 0 heterocycles. The number of nitrogens with zero attached hydrogens (tertiary/aromatic N) is 2. The maximum absolute atomic E-state index is 10.2. The molecule has 1 N–H and O–H groups in total. The molecule has 0 spiro atoms. The highest BCUT2D eigenvalue weighted by Crippen LogP contribution is 2.22. The Morgan fingerprint density at radius 3 is 2.38 bits per heavy atom. The second-order valence-electron chi connectivity index (χ2n) is 2.99. The van der Waals surface area contributed by atoms with Crippen LogP contribution in [0.4, 0.5) is 0 Å². The Morgan fingerprint density at radius 1 is 1.19 bits per heavy atom. The summed E-state index contributed by atoms with van der Waals surface area (Å²) in [6, 6.07) is 7.00. The zero-order valence-electron chi connectivity index (χ0n) is 8.46. The van der Waals surface area contributed by atoms with Crippen LogP contribution in [-0.2, 0) is 16.0 Å². The summed E-state index contributed by atoms with van der Waals surface area (Å²) in [5.74, 6) is 0. The first-order chi connectivity index (χ1) is 7.83. The molecule has 82 valence electrons. The number of aliphatic hydroxyl groups is 1. The van der Waals surface area contributed by atoms with Gasteiger partial charge in [0.25, 0.3) is 0 Å². The van der Waals surface area contributed by atoms with E-state index in [2.05, 4.69) is 9.98 Å². The minimum atomic E-state index is -0.919. The van der Waals surface area contributed by atoms with Gasteiger partial charge in [0.15, 0.2) is 6.17 Å². The van der Waals surface area contributed by atoms with Gasteiger partial charge in [-0.3, -0.25) is 0 Å². The molecule has 0 saturated heterocycles. The SMILES string of the molecule is O=C=NC(N=C=O)c1ccccc1CCO. The highest BCUT2D eigenvalue weighted by atomic mass is 16.3. The Hall–Kier alpha value is -2.06. The molecule has 0 aromatic heterocycles. The summed E-state index contributed by atoms with van der Waals surface area (Å²) in [5, 5.41) is 8.87. The zero-order chi connectivity index (χ0) is 11.8. The topological polar surface area (TPSA) is 79.1 Å². The van der Waals surface area contributed by atoms with E-state index in [9.17, 15) is 9.59 Å². The van der Waals surface area contributed by atoms with E-state index in [0.717, 1.165) is 5.56 Å². The summed E-state index contributed by atoms with van der Waals surface area (Å²) in [6.07, 6.45) is 2.21. The summed E-state index contributed by atoms with van der Waals surface area (Å²) in [4.78, 5) is 27.2. The number of carbonyl (C=O) groups excluding carboxylic acids is 2. The van der Waals surface area contributed by atoms with Gasteiger partial charge in [-0.05, 0) is 12.0 Å². The smallest absolute Gasteiger partial charge is 0.237 e. The molecular weight excluding hydrogens is 208 g/mol. The van der Waals surface area contributed by atoms with Crippen LogP contribution in [-0.4, -0.2) is 23.9 Å². The maximum atomic E-state index is 10.2. The first kappa shape index (κ1) is 12.0. The molecule has 0 unspecified atom stereocenters. The van der Waals surface area contributed by atoms with Gasteiger partial charge in [-0.2, -0.15) is 9.98 Å². The molecule has 0 atom stereocenters. The molecule has 5 nitrogen and oxygen atoms in total. The number of rotatable bonds is 5. The van der Waals surface area contributed by atoms with E-state index in [4.69, 9.17) is 5.11 Å². The molecule has 0 bridgehead atoms. The molecule has 1 aromatic rings. The van der Waals surface area contributed by atoms with Crippen molar-refractivity contribution in [1.82, 2.24) is 0 Å². The average molecular weight is 218 g/mol. The summed E-state index contributed by atoms with van der Waals surface area (Å²) >= 11 is 0. The average Bonchev–Trinajstić information content (AvgIpc) is 2.30. The molecule has 16 heavy (non-hydrogen) atoms. The lowest BCUT2D eigenvalue weighted by molar-refractivity contribution is 0.299. The van der Waals surface area contributed by atoms with Gasteiger partial charge in [0.05, 0.1) is 0 Å². The van der Waals surface area contributed by atoms with Gasteiger partial charge in [0, 0.05) is 12.2 Å². The van der Waals surface area contributed by atoms with E-state index in [1.807, 2.05) is 0 Å². The number of hydrogen-bond acceptors (Lipinski definition) is 5. The van der Waals surface area contributed by atoms with Crippen LogP contribution >= 0.6 is 0 Å². The van der Waals surface area contributed by atoms with Gasteiger partial charge in [-0.15, -0.1) is 0 Å². The van der Waals surface area contributed by atoms with E-state index in [1.54, 1.807) is 24.3 Å². The third kappa shape index (κ3) is 2.97. The predicted molar refractivity (Wildman–Crippen MR) is 56.2 cm³/mol. The van der Waals surface area contributed by atoms with E-state index in [0.29, 0.717) is 12.0 Å². The Kier molecular flexibility index (Phi) is 4.83. The molecule has 0 aliphatic heterocycles. The Labute approximate surface area is 92.2 Å².